The predicted molar refractivity (Wildman–Crippen MR) is 75.1 cm³/mol. The second-order valence-electron chi connectivity index (χ2n) is 4.80. The molecule has 1 heterocycles. The van der Waals surface area contributed by atoms with Gasteiger partial charge in [0.25, 0.3) is 0 Å². The molecule has 0 spiro atoms. The van der Waals surface area contributed by atoms with Gasteiger partial charge in [-0.15, -0.1) is 0 Å². The fraction of sp³-hybridized carbons (Fsp3) is 0.400. The number of hydrogen-bond acceptors (Lipinski definition) is 3. The third-order valence-corrected chi connectivity index (χ3v) is 3.49. The van der Waals surface area contributed by atoms with Crippen molar-refractivity contribution in [3.8, 4) is 5.75 Å². The molecule has 0 aliphatic carbocycles. The van der Waals surface area contributed by atoms with Crippen LogP contribution >= 0.6 is 0 Å². The van der Waals surface area contributed by atoms with E-state index in [1.54, 1.807) is 7.11 Å². The standard InChI is InChI=1S/C15H20N2O2/c1-10(13-8-16-9-13)15(18)17-11(2)12-5-4-6-14(7-12)19-3/h4-7,11,16H,8-9H2,1-3H3,(H,17,18)/t11-/m0/s1. The molecule has 1 aromatic rings. The summed E-state index contributed by atoms with van der Waals surface area (Å²) in [6, 6.07) is 7.72. The number of nitrogens with one attached hydrogen (secondary N) is 2. The molecule has 1 atom stereocenters. The van der Waals surface area contributed by atoms with Gasteiger partial charge in [-0.1, -0.05) is 12.1 Å². The number of carbonyl (C=O) groups is 1. The van der Waals surface area contributed by atoms with E-state index < -0.39 is 0 Å². The molecule has 1 aliphatic heterocycles. The van der Waals surface area contributed by atoms with E-state index in [0.717, 1.165) is 30.0 Å². The molecule has 0 aromatic heterocycles. The molecule has 1 aliphatic rings. The number of rotatable bonds is 4. The highest BCUT2D eigenvalue weighted by atomic mass is 16.5. The first-order valence-corrected chi connectivity index (χ1v) is 6.46. The van der Waals surface area contributed by atoms with Crippen molar-refractivity contribution in [2.75, 3.05) is 20.2 Å². The lowest BCUT2D eigenvalue weighted by Crippen LogP contribution is -2.38. The molecular formula is C15H20N2O2. The molecule has 1 aromatic carbocycles. The van der Waals surface area contributed by atoms with E-state index in [1.165, 1.54) is 5.57 Å². The largest absolute Gasteiger partial charge is 0.497 e. The molecule has 2 rings (SSSR count). The molecule has 0 unspecified atom stereocenters. The highest BCUT2D eigenvalue weighted by Gasteiger charge is 2.17. The lowest BCUT2D eigenvalue weighted by atomic mass is 10.0. The molecule has 0 saturated carbocycles. The van der Waals surface area contributed by atoms with Crippen molar-refractivity contribution in [3.05, 3.63) is 41.0 Å². The van der Waals surface area contributed by atoms with Gasteiger partial charge in [-0.05, 0) is 37.1 Å². The zero-order valence-electron chi connectivity index (χ0n) is 11.6. The van der Waals surface area contributed by atoms with Crippen LogP contribution in [0.15, 0.2) is 35.4 Å². The maximum atomic E-state index is 12.1. The lowest BCUT2D eigenvalue weighted by Gasteiger charge is -2.23. The van der Waals surface area contributed by atoms with Gasteiger partial charge in [-0.3, -0.25) is 4.79 Å². The molecule has 1 fully saturated rings. The van der Waals surface area contributed by atoms with Crippen LogP contribution in [0.1, 0.15) is 25.5 Å². The van der Waals surface area contributed by atoms with Crippen LogP contribution in [0, 0.1) is 0 Å². The quantitative estimate of drug-likeness (QED) is 0.812. The molecule has 102 valence electrons. The Labute approximate surface area is 113 Å². The smallest absolute Gasteiger partial charge is 0.247 e. The summed E-state index contributed by atoms with van der Waals surface area (Å²) in [6.07, 6.45) is 0. The normalized spacial score (nSPS) is 15.4. The van der Waals surface area contributed by atoms with E-state index in [9.17, 15) is 4.79 Å². The summed E-state index contributed by atoms with van der Waals surface area (Å²) in [5.74, 6) is 0.809. The van der Waals surface area contributed by atoms with Crippen LogP contribution in [0.25, 0.3) is 0 Å². The van der Waals surface area contributed by atoms with Gasteiger partial charge in [-0.2, -0.15) is 0 Å². The summed E-state index contributed by atoms with van der Waals surface area (Å²) in [7, 11) is 1.64. The van der Waals surface area contributed by atoms with Gasteiger partial charge < -0.3 is 15.4 Å². The molecular weight excluding hydrogens is 240 g/mol. The number of amides is 1. The minimum atomic E-state index is -0.0359. The third kappa shape index (κ3) is 3.15. The highest BCUT2D eigenvalue weighted by Crippen LogP contribution is 2.19. The molecule has 4 heteroatoms. The van der Waals surface area contributed by atoms with Gasteiger partial charge in [0.05, 0.1) is 13.2 Å². The van der Waals surface area contributed by atoms with Crippen molar-refractivity contribution in [1.29, 1.82) is 0 Å². The minimum Gasteiger partial charge on any atom is -0.497 e. The van der Waals surface area contributed by atoms with Crippen molar-refractivity contribution >= 4 is 5.91 Å². The molecule has 1 amide bonds. The van der Waals surface area contributed by atoms with Gasteiger partial charge in [0, 0.05) is 18.7 Å². The Morgan fingerprint density at radius 3 is 2.74 bits per heavy atom. The van der Waals surface area contributed by atoms with Crippen LogP contribution in [0.3, 0.4) is 0 Å². The molecule has 2 N–H and O–H groups in total. The van der Waals surface area contributed by atoms with Gasteiger partial charge >= 0.3 is 0 Å². The SMILES string of the molecule is COc1cccc([C@H](C)NC(=O)C(C)=C2CNC2)c1. The maximum absolute atomic E-state index is 12.1. The highest BCUT2D eigenvalue weighted by molar-refractivity contribution is 5.94. The van der Waals surface area contributed by atoms with Gasteiger partial charge in [0.15, 0.2) is 0 Å². The maximum Gasteiger partial charge on any atom is 0.247 e. The van der Waals surface area contributed by atoms with E-state index in [4.69, 9.17) is 4.74 Å². The van der Waals surface area contributed by atoms with Crippen LogP contribution in [-0.2, 0) is 4.79 Å². The fourth-order valence-electron chi connectivity index (χ4n) is 1.97. The Hall–Kier alpha value is -1.81. The van der Waals surface area contributed by atoms with Gasteiger partial charge in [-0.25, -0.2) is 0 Å². The number of carbonyl (C=O) groups excluding carboxylic acids is 1. The predicted octanol–water partition coefficient (Wildman–Crippen LogP) is 1.79. The molecule has 19 heavy (non-hydrogen) atoms. The minimum absolute atomic E-state index is 0.00631. The van der Waals surface area contributed by atoms with Crippen molar-refractivity contribution < 1.29 is 9.53 Å². The van der Waals surface area contributed by atoms with E-state index >= 15 is 0 Å². The zero-order chi connectivity index (χ0) is 13.8. The van der Waals surface area contributed by atoms with E-state index in [1.807, 2.05) is 38.1 Å². The lowest BCUT2D eigenvalue weighted by molar-refractivity contribution is -0.118. The second-order valence-corrected chi connectivity index (χ2v) is 4.80. The Morgan fingerprint density at radius 1 is 1.42 bits per heavy atom. The zero-order valence-corrected chi connectivity index (χ0v) is 11.6. The van der Waals surface area contributed by atoms with Crippen molar-refractivity contribution in [2.24, 2.45) is 0 Å². The summed E-state index contributed by atoms with van der Waals surface area (Å²) in [5, 5.41) is 6.16. The molecule has 1 saturated heterocycles. The van der Waals surface area contributed by atoms with Crippen LogP contribution in [0.2, 0.25) is 0 Å². The summed E-state index contributed by atoms with van der Waals surface area (Å²) in [6.45, 7) is 5.51. The third-order valence-electron chi connectivity index (χ3n) is 3.49. The summed E-state index contributed by atoms with van der Waals surface area (Å²) < 4.78 is 5.19. The van der Waals surface area contributed by atoms with E-state index in [0.29, 0.717) is 0 Å². The van der Waals surface area contributed by atoms with Crippen LogP contribution in [-0.4, -0.2) is 26.1 Å². The Bertz CT molecular complexity index is 503. The Kier molecular flexibility index (Phi) is 4.22. The summed E-state index contributed by atoms with van der Waals surface area (Å²) in [4.78, 5) is 12.1. The molecule has 4 nitrogen and oxygen atoms in total. The van der Waals surface area contributed by atoms with E-state index in [-0.39, 0.29) is 11.9 Å². The van der Waals surface area contributed by atoms with Crippen LogP contribution in [0.5, 0.6) is 5.75 Å². The topological polar surface area (TPSA) is 50.4 Å². The van der Waals surface area contributed by atoms with Crippen molar-refractivity contribution in [3.63, 3.8) is 0 Å². The second kappa shape index (κ2) is 5.89. The molecule has 0 bridgehead atoms. The van der Waals surface area contributed by atoms with Crippen molar-refractivity contribution in [1.82, 2.24) is 10.6 Å². The van der Waals surface area contributed by atoms with Gasteiger partial charge in [0.2, 0.25) is 5.91 Å². The van der Waals surface area contributed by atoms with Crippen LogP contribution in [0.4, 0.5) is 0 Å². The van der Waals surface area contributed by atoms with Crippen molar-refractivity contribution in [2.45, 2.75) is 19.9 Å². The molecule has 0 radical (unpaired) electrons. The number of benzene rings is 1. The van der Waals surface area contributed by atoms with Crippen LogP contribution < -0.4 is 15.4 Å². The van der Waals surface area contributed by atoms with Gasteiger partial charge in [0.1, 0.15) is 5.75 Å². The summed E-state index contributed by atoms with van der Waals surface area (Å²) >= 11 is 0. The first kappa shape index (κ1) is 13.6. The van der Waals surface area contributed by atoms with E-state index in [2.05, 4.69) is 10.6 Å². The summed E-state index contributed by atoms with van der Waals surface area (Å²) in [5.41, 5.74) is 3.06. The number of hydrogen-bond donors (Lipinski definition) is 2. The first-order valence-electron chi connectivity index (χ1n) is 6.46. The average molecular weight is 260 g/mol. The fourth-order valence-corrected chi connectivity index (χ4v) is 1.97. The monoisotopic (exact) mass is 260 g/mol. The average Bonchev–Trinajstić information content (AvgIpc) is 2.36. The Morgan fingerprint density at radius 2 is 2.16 bits per heavy atom. The Balaban J connectivity index is 2.04. The number of methoxy groups -OCH3 is 1. The number of ether oxygens (including phenoxy) is 1. The first-order chi connectivity index (χ1) is 9.11.